The van der Waals surface area contributed by atoms with Gasteiger partial charge in [-0.05, 0) is 36.4 Å². The maximum Gasteiger partial charge on any atom is 0.416 e. The number of carbonyl (C=O) groups is 3. The Morgan fingerprint density at radius 3 is 2.09 bits per heavy atom. The van der Waals surface area contributed by atoms with Gasteiger partial charge in [-0.3, -0.25) is 19.3 Å². The van der Waals surface area contributed by atoms with E-state index in [1.807, 2.05) is 0 Å². The second-order valence-corrected chi connectivity index (χ2v) is 7.15. The summed E-state index contributed by atoms with van der Waals surface area (Å²) >= 11 is 0. The van der Waals surface area contributed by atoms with Crippen molar-refractivity contribution in [3.8, 4) is 0 Å². The minimum Gasteiger partial charge on any atom is -0.379 e. The lowest BCUT2D eigenvalue weighted by Crippen LogP contribution is -2.41. The number of ketones is 1. The summed E-state index contributed by atoms with van der Waals surface area (Å²) in [5, 5.41) is 5.19. The molecular formula is C22H22F3N3O4. The fourth-order valence-electron chi connectivity index (χ4n) is 3.09. The van der Waals surface area contributed by atoms with Crippen molar-refractivity contribution in [3.63, 3.8) is 0 Å². The number of Topliss-reactive ketones (excluding diaryl/α,β-unsaturated/α-hetero) is 1. The average molecular weight is 449 g/mol. The predicted octanol–water partition coefficient (Wildman–Crippen LogP) is 2.59. The molecule has 0 bridgehead atoms. The van der Waals surface area contributed by atoms with E-state index < -0.39 is 23.4 Å². The molecule has 10 heteroatoms. The molecule has 1 saturated heterocycles. The first kappa shape index (κ1) is 23.4. The number of ether oxygens (including phenoxy) is 1. The van der Waals surface area contributed by atoms with Gasteiger partial charge in [-0.2, -0.15) is 13.2 Å². The molecular weight excluding hydrogens is 427 g/mol. The maximum atomic E-state index is 12.6. The summed E-state index contributed by atoms with van der Waals surface area (Å²) in [6.07, 6.45) is -4.53. The zero-order valence-electron chi connectivity index (χ0n) is 17.1. The number of morpholine rings is 1. The fourth-order valence-corrected chi connectivity index (χ4v) is 3.09. The summed E-state index contributed by atoms with van der Waals surface area (Å²) in [5.74, 6) is -2.23. The van der Waals surface area contributed by atoms with Crippen molar-refractivity contribution in [1.82, 2.24) is 10.2 Å². The van der Waals surface area contributed by atoms with E-state index in [0.29, 0.717) is 25.3 Å². The van der Waals surface area contributed by atoms with Crippen LogP contribution in [0.4, 0.5) is 18.9 Å². The van der Waals surface area contributed by atoms with Gasteiger partial charge in [0, 0.05) is 43.0 Å². The van der Waals surface area contributed by atoms with Crippen LogP contribution in [0.15, 0.2) is 48.5 Å². The molecule has 170 valence electrons. The minimum atomic E-state index is -4.53. The number of halogens is 3. The van der Waals surface area contributed by atoms with E-state index in [1.54, 1.807) is 0 Å². The number of benzene rings is 2. The molecule has 0 radical (unpaired) electrons. The van der Waals surface area contributed by atoms with Gasteiger partial charge in [0.25, 0.3) is 17.6 Å². The van der Waals surface area contributed by atoms with E-state index in [-0.39, 0.29) is 17.2 Å². The summed E-state index contributed by atoms with van der Waals surface area (Å²) in [4.78, 5) is 38.7. The molecule has 0 saturated carbocycles. The van der Waals surface area contributed by atoms with Gasteiger partial charge in [0.05, 0.1) is 18.8 Å². The first-order valence-electron chi connectivity index (χ1n) is 9.95. The van der Waals surface area contributed by atoms with E-state index in [0.717, 1.165) is 43.9 Å². The van der Waals surface area contributed by atoms with E-state index in [9.17, 15) is 27.6 Å². The van der Waals surface area contributed by atoms with Gasteiger partial charge in [-0.15, -0.1) is 0 Å². The number of hydrogen-bond donors (Lipinski definition) is 2. The zero-order valence-corrected chi connectivity index (χ0v) is 17.1. The fraction of sp³-hybridized carbons (Fsp3) is 0.318. The summed E-state index contributed by atoms with van der Waals surface area (Å²) in [6, 6.07) is 9.33. The van der Waals surface area contributed by atoms with E-state index in [4.69, 9.17) is 4.74 Å². The molecule has 1 aliphatic rings. The standard InChI is InChI=1S/C22H22F3N3O4/c23-22(24,25)17-5-1-15(2-6-17)19(29)21(31)27-18-7-3-16(4-8-18)20(30)26-9-10-28-11-13-32-14-12-28/h1-8H,9-14H2,(H,26,30)(H,27,31). The number of carbonyl (C=O) groups excluding carboxylic acids is 3. The Morgan fingerprint density at radius 2 is 1.50 bits per heavy atom. The Morgan fingerprint density at radius 1 is 0.906 bits per heavy atom. The van der Waals surface area contributed by atoms with Crippen LogP contribution >= 0.6 is 0 Å². The third-order valence-electron chi connectivity index (χ3n) is 4.90. The Bertz CT molecular complexity index is 954. The number of nitrogens with one attached hydrogen (secondary N) is 2. The summed E-state index contributed by atoms with van der Waals surface area (Å²) in [5.41, 5.74) is -0.404. The Balaban J connectivity index is 1.50. The molecule has 2 amide bonds. The highest BCUT2D eigenvalue weighted by Crippen LogP contribution is 2.29. The quantitative estimate of drug-likeness (QED) is 0.501. The molecule has 0 unspecified atom stereocenters. The molecule has 7 nitrogen and oxygen atoms in total. The molecule has 0 atom stereocenters. The number of anilines is 1. The highest BCUT2D eigenvalue weighted by atomic mass is 19.4. The monoisotopic (exact) mass is 449 g/mol. The van der Waals surface area contributed by atoms with Crippen LogP contribution in [0.25, 0.3) is 0 Å². The summed E-state index contributed by atoms with van der Waals surface area (Å²) < 4.78 is 43.1. The van der Waals surface area contributed by atoms with Crippen LogP contribution < -0.4 is 10.6 Å². The second kappa shape index (κ2) is 10.4. The van der Waals surface area contributed by atoms with Crippen molar-refractivity contribution in [1.29, 1.82) is 0 Å². The highest BCUT2D eigenvalue weighted by Gasteiger charge is 2.30. The van der Waals surface area contributed by atoms with Gasteiger partial charge in [0.1, 0.15) is 0 Å². The molecule has 0 aliphatic carbocycles. The molecule has 1 fully saturated rings. The molecule has 1 heterocycles. The third kappa shape index (κ3) is 6.38. The lowest BCUT2D eigenvalue weighted by Gasteiger charge is -2.26. The number of alkyl halides is 3. The first-order chi connectivity index (χ1) is 15.2. The SMILES string of the molecule is O=C(Nc1ccc(C(=O)NCCN2CCOCC2)cc1)C(=O)c1ccc(C(F)(F)F)cc1. The molecule has 32 heavy (non-hydrogen) atoms. The largest absolute Gasteiger partial charge is 0.416 e. The summed E-state index contributed by atoms with van der Waals surface area (Å²) in [7, 11) is 0. The predicted molar refractivity (Wildman–Crippen MR) is 110 cm³/mol. The van der Waals surface area contributed by atoms with Gasteiger partial charge >= 0.3 is 6.18 Å². The minimum absolute atomic E-state index is 0.160. The number of hydrogen-bond acceptors (Lipinski definition) is 5. The van der Waals surface area contributed by atoms with Crippen LogP contribution in [-0.4, -0.2) is 61.9 Å². The van der Waals surface area contributed by atoms with Gasteiger partial charge in [-0.25, -0.2) is 0 Å². The maximum absolute atomic E-state index is 12.6. The first-order valence-corrected chi connectivity index (χ1v) is 9.95. The smallest absolute Gasteiger partial charge is 0.379 e. The van der Waals surface area contributed by atoms with Gasteiger partial charge < -0.3 is 15.4 Å². The lowest BCUT2D eigenvalue weighted by molar-refractivity contribution is -0.137. The zero-order chi connectivity index (χ0) is 23.1. The third-order valence-corrected chi connectivity index (χ3v) is 4.90. The molecule has 1 aliphatic heterocycles. The number of rotatable bonds is 7. The number of nitrogens with zero attached hydrogens (tertiary/aromatic N) is 1. The average Bonchev–Trinajstić information content (AvgIpc) is 2.79. The Labute approximate surface area is 182 Å². The van der Waals surface area contributed by atoms with Crippen LogP contribution in [0.5, 0.6) is 0 Å². The van der Waals surface area contributed by atoms with Crippen molar-refractivity contribution in [2.45, 2.75) is 6.18 Å². The number of amides is 2. The van der Waals surface area contributed by atoms with Crippen molar-refractivity contribution in [2.75, 3.05) is 44.7 Å². The van der Waals surface area contributed by atoms with Crippen LogP contribution in [0, 0.1) is 0 Å². The molecule has 2 aromatic carbocycles. The molecule has 2 N–H and O–H groups in total. The summed E-state index contributed by atoms with van der Waals surface area (Å²) in [6.45, 7) is 4.23. The van der Waals surface area contributed by atoms with Crippen molar-refractivity contribution in [3.05, 3.63) is 65.2 Å². The lowest BCUT2D eigenvalue weighted by atomic mass is 10.1. The van der Waals surface area contributed by atoms with Gasteiger partial charge in [-0.1, -0.05) is 12.1 Å². The molecule has 3 rings (SSSR count). The second-order valence-electron chi connectivity index (χ2n) is 7.15. The van der Waals surface area contributed by atoms with E-state index >= 15 is 0 Å². The topological polar surface area (TPSA) is 87.7 Å². The van der Waals surface area contributed by atoms with Crippen molar-refractivity contribution < 1.29 is 32.3 Å². The molecule has 2 aromatic rings. The van der Waals surface area contributed by atoms with Crippen LogP contribution in [0.2, 0.25) is 0 Å². The van der Waals surface area contributed by atoms with Crippen LogP contribution in [0.1, 0.15) is 26.3 Å². The van der Waals surface area contributed by atoms with Crippen molar-refractivity contribution >= 4 is 23.3 Å². The van der Waals surface area contributed by atoms with Gasteiger partial charge in [0.15, 0.2) is 0 Å². The van der Waals surface area contributed by atoms with E-state index in [2.05, 4.69) is 15.5 Å². The van der Waals surface area contributed by atoms with Crippen molar-refractivity contribution in [2.24, 2.45) is 0 Å². The van der Waals surface area contributed by atoms with Crippen LogP contribution in [-0.2, 0) is 15.7 Å². The highest BCUT2D eigenvalue weighted by molar-refractivity contribution is 6.46. The molecule has 0 aromatic heterocycles. The normalized spacial score (nSPS) is 14.6. The Hall–Kier alpha value is -3.24. The van der Waals surface area contributed by atoms with E-state index in [1.165, 1.54) is 24.3 Å². The molecule has 0 spiro atoms. The Kier molecular flexibility index (Phi) is 7.60. The van der Waals surface area contributed by atoms with Gasteiger partial charge in [0.2, 0.25) is 0 Å². The van der Waals surface area contributed by atoms with Crippen LogP contribution in [0.3, 0.4) is 0 Å².